The number of ether oxygens (including phenoxy) is 1. The summed E-state index contributed by atoms with van der Waals surface area (Å²) in [4.78, 5) is 8.54. The largest absolute Gasteiger partial charge is 0.507 e. The number of rotatable bonds is 4. The Hall–Kier alpha value is -2.15. The van der Waals surface area contributed by atoms with Crippen LogP contribution in [0.5, 0.6) is 11.5 Å². The number of thioether (sulfide) groups is 1. The summed E-state index contributed by atoms with van der Waals surface area (Å²) in [5, 5.41) is 10.0. The molecular weight excluding hydrogens is 276 g/mol. The van der Waals surface area contributed by atoms with Crippen LogP contribution in [-0.4, -0.2) is 28.4 Å². The van der Waals surface area contributed by atoms with Crippen LogP contribution in [-0.2, 0) is 6.42 Å². The molecule has 0 radical (unpaired) electrons. The summed E-state index contributed by atoms with van der Waals surface area (Å²) in [7, 11) is 1.57. The van der Waals surface area contributed by atoms with Crippen molar-refractivity contribution in [2.45, 2.75) is 11.3 Å². The van der Waals surface area contributed by atoms with Gasteiger partial charge in [-0.1, -0.05) is 0 Å². The van der Waals surface area contributed by atoms with Gasteiger partial charge in [-0.3, -0.25) is 0 Å². The molecule has 2 aromatic rings. The average Bonchev–Trinajstić information content (AvgIpc) is 2.41. The van der Waals surface area contributed by atoms with E-state index in [2.05, 4.69) is 9.97 Å². The number of nitrogens with zero attached hydrogens (tertiary/aromatic N) is 2. The summed E-state index contributed by atoms with van der Waals surface area (Å²) in [6.07, 6.45) is 3.96. The van der Waals surface area contributed by atoms with E-state index >= 15 is 0 Å². The number of hydrogen-bond donors (Lipinski definition) is 3. The molecule has 1 heterocycles. The van der Waals surface area contributed by atoms with Crippen molar-refractivity contribution in [1.29, 1.82) is 0 Å². The summed E-state index contributed by atoms with van der Waals surface area (Å²) < 4.78 is 5.28. The van der Waals surface area contributed by atoms with Gasteiger partial charge in [-0.05, 0) is 24.0 Å². The van der Waals surface area contributed by atoms with Gasteiger partial charge in [-0.25, -0.2) is 4.98 Å². The Morgan fingerprint density at radius 2 is 2.10 bits per heavy atom. The van der Waals surface area contributed by atoms with E-state index in [4.69, 9.17) is 16.2 Å². The number of nitrogen functional groups attached to an aromatic ring is 2. The van der Waals surface area contributed by atoms with Crippen molar-refractivity contribution < 1.29 is 9.84 Å². The van der Waals surface area contributed by atoms with Crippen LogP contribution in [0, 0.1) is 0 Å². The SMILES string of the molecule is COc1cc(Cc2cnc(N)nc2N)cc(O)c1SC. The van der Waals surface area contributed by atoms with Gasteiger partial charge in [0.2, 0.25) is 5.95 Å². The molecule has 0 unspecified atom stereocenters. The molecule has 6 nitrogen and oxygen atoms in total. The van der Waals surface area contributed by atoms with Gasteiger partial charge in [-0.2, -0.15) is 4.98 Å². The zero-order chi connectivity index (χ0) is 14.7. The Morgan fingerprint density at radius 3 is 2.70 bits per heavy atom. The number of anilines is 2. The van der Waals surface area contributed by atoms with Gasteiger partial charge in [-0.15, -0.1) is 11.8 Å². The normalized spacial score (nSPS) is 10.5. The molecule has 0 aliphatic carbocycles. The molecule has 1 aromatic heterocycles. The third kappa shape index (κ3) is 2.88. The standard InChI is InChI=1S/C13H16N4O2S/c1-19-10-5-7(4-9(18)11(10)20-2)3-8-6-16-13(15)17-12(8)14/h4-6,18H,3H2,1-2H3,(H4,14,15,16,17). The van der Waals surface area contributed by atoms with Gasteiger partial charge in [0.25, 0.3) is 0 Å². The van der Waals surface area contributed by atoms with E-state index in [0.717, 1.165) is 11.1 Å². The minimum Gasteiger partial charge on any atom is -0.507 e. The van der Waals surface area contributed by atoms with Gasteiger partial charge in [0.1, 0.15) is 17.3 Å². The number of benzene rings is 1. The van der Waals surface area contributed by atoms with E-state index in [1.165, 1.54) is 11.8 Å². The molecule has 0 saturated carbocycles. The quantitative estimate of drug-likeness (QED) is 0.736. The molecule has 0 bridgehead atoms. The van der Waals surface area contributed by atoms with Crippen molar-refractivity contribution >= 4 is 23.5 Å². The van der Waals surface area contributed by atoms with Crippen LogP contribution in [0.4, 0.5) is 11.8 Å². The van der Waals surface area contributed by atoms with E-state index in [1.54, 1.807) is 19.4 Å². The van der Waals surface area contributed by atoms with E-state index < -0.39 is 0 Å². The van der Waals surface area contributed by atoms with Crippen LogP contribution < -0.4 is 16.2 Å². The van der Waals surface area contributed by atoms with Crippen molar-refractivity contribution in [3.63, 3.8) is 0 Å². The topological polar surface area (TPSA) is 107 Å². The number of nitrogens with two attached hydrogens (primary N) is 2. The highest BCUT2D eigenvalue weighted by atomic mass is 32.2. The predicted molar refractivity (Wildman–Crippen MR) is 80.1 cm³/mol. The van der Waals surface area contributed by atoms with Crippen LogP contribution in [0.15, 0.2) is 23.2 Å². The zero-order valence-corrected chi connectivity index (χ0v) is 12.1. The van der Waals surface area contributed by atoms with Crippen LogP contribution in [0.25, 0.3) is 0 Å². The van der Waals surface area contributed by atoms with E-state index in [1.807, 2.05) is 12.3 Å². The molecule has 2 rings (SSSR count). The lowest BCUT2D eigenvalue weighted by molar-refractivity contribution is 0.391. The fourth-order valence-electron chi connectivity index (χ4n) is 1.89. The van der Waals surface area contributed by atoms with Gasteiger partial charge >= 0.3 is 0 Å². The van der Waals surface area contributed by atoms with Gasteiger partial charge in [0.05, 0.1) is 12.0 Å². The maximum atomic E-state index is 10.0. The second-order valence-electron chi connectivity index (χ2n) is 4.17. The highest BCUT2D eigenvalue weighted by Crippen LogP contribution is 2.37. The first-order valence-electron chi connectivity index (χ1n) is 5.86. The Morgan fingerprint density at radius 1 is 1.35 bits per heavy atom. The highest BCUT2D eigenvalue weighted by molar-refractivity contribution is 7.98. The summed E-state index contributed by atoms with van der Waals surface area (Å²) in [6.45, 7) is 0. The number of phenols is 1. The second-order valence-corrected chi connectivity index (χ2v) is 4.98. The molecule has 0 aliphatic heterocycles. The maximum Gasteiger partial charge on any atom is 0.221 e. The first-order valence-corrected chi connectivity index (χ1v) is 7.08. The molecule has 0 atom stereocenters. The third-order valence-electron chi connectivity index (χ3n) is 2.83. The van der Waals surface area contributed by atoms with Crippen molar-refractivity contribution in [2.75, 3.05) is 24.8 Å². The van der Waals surface area contributed by atoms with Crippen molar-refractivity contribution in [3.05, 3.63) is 29.5 Å². The molecule has 20 heavy (non-hydrogen) atoms. The van der Waals surface area contributed by atoms with E-state index in [-0.39, 0.29) is 11.7 Å². The highest BCUT2D eigenvalue weighted by Gasteiger charge is 2.12. The Balaban J connectivity index is 2.36. The Kier molecular flexibility index (Phi) is 4.19. The van der Waals surface area contributed by atoms with Crippen molar-refractivity contribution in [3.8, 4) is 11.5 Å². The summed E-state index contributed by atoms with van der Waals surface area (Å²) in [5.74, 6) is 1.29. The summed E-state index contributed by atoms with van der Waals surface area (Å²) in [6, 6.07) is 3.55. The van der Waals surface area contributed by atoms with Crippen molar-refractivity contribution in [2.24, 2.45) is 0 Å². The number of aromatic nitrogens is 2. The maximum absolute atomic E-state index is 10.0. The fourth-order valence-corrected chi connectivity index (χ4v) is 2.50. The zero-order valence-electron chi connectivity index (χ0n) is 11.3. The van der Waals surface area contributed by atoms with E-state index in [9.17, 15) is 5.11 Å². The molecule has 5 N–H and O–H groups in total. The molecule has 0 saturated heterocycles. The lowest BCUT2D eigenvalue weighted by atomic mass is 10.1. The predicted octanol–water partition coefficient (Wildman–Crippen LogP) is 1.67. The smallest absolute Gasteiger partial charge is 0.221 e. The molecule has 0 amide bonds. The Bertz CT molecular complexity index is 634. The lowest BCUT2D eigenvalue weighted by Crippen LogP contribution is -2.04. The molecule has 106 valence electrons. The number of methoxy groups -OCH3 is 1. The summed E-state index contributed by atoms with van der Waals surface area (Å²) in [5.41, 5.74) is 12.9. The minimum absolute atomic E-state index is 0.143. The van der Waals surface area contributed by atoms with Crippen LogP contribution in [0.1, 0.15) is 11.1 Å². The molecule has 0 spiro atoms. The average molecular weight is 292 g/mol. The van der Waals surface area contributed by atoms with Crippen molar-refractivity contribution in [1.82, 2.24) is 9.97 Å². The first kappa shape index (κ1) is 14.3. The minimum atomic E-state index is 0.143. The number of phenolic OH excluding ortho intramolecular Hbond substituents is 1. The third-order valence-corrected chi connectivity index (χ3v) is 3.65. The van der Waals surface area contributed by atoms with Gasteiger partial charge in [0, 0.05) is 18.2 Å². The first-order chi connectivity index (χ1) is 9.55. The lowest BCUT2D eigenvalue weighted by Gasteiger charge is -2.12. The Labute approximate surface area is 121 Å². The molecular formula is C13H16N4O2S. The molecule has 0 fully saturated rings. The number of hydrogen-bond acceptors (Lipinski definition) is 7. The van der Waals surface area contributed by atoms with Crippen LogP contribution in [0.3, 0.4) is 0 Å². The molecule has 1 aromatic carbocycles. The molecule has 0 aliphatic rings. The summed E-state index contributed by atoms with van der Waals surface area (Å²) >= 11 is 1.43. The van der Waals surface area contributed by atoms with Crippen LogP contribution >= 0.6 is 11.8 Å². The molecule has 7 heteroatoms. The van der Waals surface area contributed by atoms with Gasteiger partial charge < -0.3 is 21.3 Å². The fraction of sp³-hybridized carbons (Fsp3) is 0.231. The monoisotopic (exact) mass is 292 g/mol. The second kappa shape index (κ2) is 5.87. The number of aromatic hydroxyl groups is 1. The van der Waals surface area contributed by atoms with E-state index in [0.29, 0.717) is 22.9 Å². The van der Waals surface area contributed by atoms with Gasteiger partial charge in [0.15, 0.2) is 0 Å². The van der Waals surface area contributed by atoms with Crippen LogP contribution in [0.2, 0.25) is 0 Å².